The summed E-state index contributed by atoms with van der Waals surface area (Å²) >= 11 is 1.67. The molecule has 0 bridgehead atoms. The molecule has 0 saturated carbocycles. The summed E-state index contributed by atoms with van der Waals surface area (Å²) < 4.78 is 6.90. The monoisotopic (exact) mass is 416 g/mol. The molecule has 150 valence electrons. The molecule has 0 aliphatic heterocycles. The Morgan fingerprint density at radius 3 is 2.93 bits per heavy atom. The number of anilines is 1. The fourth-order valence-electron chi connectivity index (χ4n) is 4.40. The Morgan fingerprint density at radius 1 is 1.23 bits per heavy atom. The Kier molecular flexibility index (Phi) is 3.92. The molecule has 0 amide bonds. The lowest BCUT2D eigenvalue weighted by atomic mass is 9.89. The fourth-order valence-corrected chi connectivity index (χ4v) is 5.77. The highest BCUT2D eigenvalue weighted by molar-refractivity contribution is 7.18. The molecule has 4 aromatic heterocycles. The van der Waals surface area contributed by atoms with Crippen LogP contribution < -0.4 is 10.9 Å². The first-order valence-electron chi connectivity index (χ1n) is 10.2. The van der Waals surface area contributed by atoms with E-state index in [1.54, 1.807) is 17.6 Å². The fraction of sp³-hybridized carbons (Fsp3) is 0.261. The largest absolute Gasteiger partial charge is 0.467 e. The van der Waals surface area contributed by atoms with Crippen LogP contribution in [0.4, 0.5) is 5.82 Å². The quantitative estimate of drug-likeness (QED) is 0.428. The van der Waals surface area contributed by atoms with Gasteiger partial charge in [-0.15, -0.1) is 16.4 Å². The number of thiophene rings is 1. The second kappa shape index (κ2) is 6.67. The molecule has 30 heavy (non-hydrogen) atoms. The predicted octanol–water partition coefficient (Wildman–Crippen LogP) is 4.79. The molecule has 0 spiro atoms. The van der Waals surface area contributed by atoms with Crippen molar-refractivity contribution in [3.05, 3.63) is 69.2 Å². The summed E-state index contributed by atoms with van der Waals surface area (Å²) in [6.07, 6.45) is 4.73. The number of hydrogen-bond acceptors (Lipinski definition) is 6. The molecule has 0 saturated heterocycles. The third kappa shape index (κ3) is 2.65. The van der Waals surface area contributed by atoms with Gasteiger partial charge in [0, 0.05) is 15.6 Å². The van der Waals surface area contributed by atoms with Crippen molar-refractivity contribution in [2.24, 2.45) is 5.92 Å². The molecule has 1 aliphatic carbocycles. The highest BCUT2D eigenvalue weighted by Gasteiger charge is 2.24. The number of fused-ring (bicyclic) bond motifs is 6. The molecule has 7 heteroatoms. The van der Waals surface area contributed by atoms with Crippen LogP contribution in [-0.2, 0) is 19.4 Å². The average molecular weight is 417 g/mol. The van der Waals surface area contributed by atoms with Crippen molar-refractivity contribution in [3.8, 4) is 0 Å². The van der Waals surface area contributed by atoms with Crippen LogP contribution in [0.5, 0.6) is 0 Å². The lowest BCUT2D eigenvalue weighted by molar-refractivity contribution is 0.509. The van der Waals surface area contributed by atoms with Crippen molar-refractivity contribution in [2.75, 3.05) is 5.32 Å². The van der Waals surface area contributed by atoms with Gasteiger partial charge in [-0.05, 0) is 42.9 Å². The Labute approximate surface area is 176 Å². The highest BCUT2D eigenvalue weighted by Crippen LogP contribution is 2.36. The molecule has 5 aromatic rings. The lowest BCUT2D eigenvalue weighted by Gasteiger charge is -2.17. The van der Waals surface area contributed by atoms with Crippen LogP contribution in [0.25, 0.3) is 26.6 Å². The first-order chi connectivity index (χ1) is 14.7. The summed E-state index contributed by atoms with van der Waals surface area (Å²) in [5, 5.41) is 10.6. The summed E-state index contributed by atoms with van der Waals surface area (Å²) in [5.41, 5.74) is 1.72. The van der Waals surface area contributed by atoms with Crippen LogP contribution in [0.3, 0.4) is 0 Å². The van der Waals surface area contributed by atoms with Crippen molar-refractivity contribution < 1.29 is 4.42 Å². The normalized spacial score (nSPS) is 16.4. The molecular weight excluding hydrogens is 396 g/mol. The highest BCUT2D eigenvalue weighted by atomic mass is 32.1. The molecule has 1 N–H and O–H groups in total. The van der Waals surface area contributed by atoms with Gasteiger partial charge in [0.1, 0.15) is 10.6 Å². The van der Waals surface area contributed by atoms with E-state index < -0.39 is 0 Å². The summed E-state index contributed by atoms with van der Waals surface area (Å²) in [6, 6.07) is 11.7. The van der Waals surface area contributed by atoms with Gasteiger partial charge in [0.2, 0.25) is 0 Å². The third-order valence-corrected chi connectivity index (χ3v) is 7.09. The zero-order chi connectivity index (χ0) is 20.2. The van der Waals surface area contributed by atoms with Crippen LogP contribution in [0.2, 0.25) is 0 Å². The second-order valence-electron chi connectivity index (χ2n) is 8.01. The van der Waals surface area contributed by atoms with Gasteiger partial charge in [0.05, 0.1) is 18.2 Å². The molecule has 6 rings (SSSR count). The number of aryl methyl sites for hydroxylation is 1. The summed E-state index contributed by atoms with van der Waals surface area (Å²) in [5.74, 6) is 2.11. The van der Waals surface area contributed by atoms with Gasteiger partial charge in [-0.2, -0.15) is 4.52 Å². The minimum atomic E-state index is -0.0751. The van der Waals surface area contributed by atoms with Crippen molar-refractivity contribution in [3.63, 3.8) is 0 Å². The average Bonchev–Trinajstić information content (AvgIpc) is 3.39. The zero-order valence-electron chi connectivity index (χ0n) is 16.5. The molecule has 0 unspecified atom stereocenters. The molecule has 0 fully saturated rings. The smallest absolute Gasteiger partial charge is 0.283 e. The Bertz CT molecular complexity index is 1470. The number of nitrogens with one attached hydrogen (secondary N) is 1. The lowest BCUT2D eigenvalue weighted by Crippen LogP contribution is -2.20. The number of hydrogen-bond donors (Lipinski definition) is 1. The van der Waals surface area contributed by atoms with Gasteiger partial charge in [-0.1, -0.05) is 31.2 Å². The van der Waals surface area contributed by atoms with Gasteiger partial charge >= 0.3 is 0 Å². The number of rotatable bonds is 3. The van der Waals surface area contributed by atoms with E-state index in [0.29, 0.717) is 23.9 Å². The minimum absolute atomic E-state index is 0.0751. The van der Waals surface area contributed by atoms with Crippen LogP contribution >= 0.6 is 11.3 Å². The number of nitrogens with zero attached hydrogens (tertiary/aromatic N) is 3. The molecule has 1 aliphatic rings. The maximum atomic E-state index is 13.6. The van der Waals surface area contributed by atoms with Crippen molar-refractivity contribution in [1.82, 2.24) is 14.6 Å². The predicted molar refractivity (Wildman–Crippen MR) is 119 cm³/mol. The van der Waals surface area contributed by atoms with Crippen molar-refractivity contribution in [2.45, 2.75) is 32.7 Å². The van der Waals surface area contributed by atoms with Gasteiger partial charge in [-0.25, -0.2) is 4.98 Å². The minimum Gasteiger partial charge on any atom is -0.467 e. The van der Waals surface area contributed by atoms with E-state index in [9.17, 15) is 4.79 Å². The molecule has 6 nitrogen and oxygen atoms in total. The van der Waals surface area contributed by atoms with Gasteiger partial charge in [0.25, 0.3) is 5.56 Å². The molecule has 1 aromatic carbocycles. The molecule has 4 heterocycles. The number of furan rings is 1. The van der Waals surface area contributed by atoms with E-state index >= 15 is 0 Å². The van der Waals surface area contributed by atoms with E-state index in [1.165, 1.54) is 15.0 Å². The first-order valence-corrected chi connectivity index (χ1v) is 11.0. The van der Waals surface area contributed by atoms with Crippen LogP contribution in [0.1, 0.15) is 29.5 Å². The Morgan fingerprint density at radius 2 is 2.10 bits per heavy atom. The SMILES string of the molecule is C[C@@H]1CCc2c(sc3nc4c5ccccc5c(NCc5ccco5)nn4c(=O)c23)C1. The number of benzene rings is 1. The molecule has 1 atom stereocenters. The van der Waals surface area contributed by atoms with Crippen LogP contribution in [0, 0.1) is 5.92 Å². The maximum Gasteiger partial charge on any atom is 0.283 e. The van der Waals surface area contributed by atoms with E-state index in [2.05, 4.69) is 17.3 Å². The zero-order valence-corrected chi connectivity index (χ0v) is 17.3. The molecular formula is C23H20N4O2S. The van der Waals surface area contributed by atoms with E-state index in [-0.39, 0.29) is 5.56 Å². The van der Waals surface area contributed by atoms with Gasteiger partial charge in [0.15, 0.2) is 11.5 Å². The Balaban J connectivity index is 1.61. The topological polar surface area (TPSA) is 72.4 Å². The summed E-state index contributed by atoms with van der Waals surface area (Å²) in [6.45, 7) is 2.77. The third-order valence-electron chi connectivity index (χ3n) is 5.94. The van der Waals surface area contributed by atoms with E-state index in [4.69, 9.17) is 9.40 Å². The second-order valence-corrected chi connectivity index (χ2v) is 9.10. The van der Waals surface area contributed by atoms with Gasteiger partial charge < -0.3 is 9.73 Å². The van der Waals surface area contributed by atoms with Crippen molar-refractivity contribution >= 4 is 43.8 Å². The first kappa shape index (κ1) is 17.7. The van der Waals surface area contributed by atoms with Crippen molar-refractivity contribution in [1.29, 1.82) is 0 Å². The van der Waals surface area contributed by atoms with Crippen LogP contribution in [-0.4, -0.2) is 14.6 Å². The summed E-state index contributed by atoms with van der Waals surface area (Å²) in [4.78, 5) is 20.6. The van der Waals surface area contributed by atoms with E-state index in [1.807, 2.05) is 36.4 Å². The molecule has 0 radical (unpaired) electrons. The van der Waals surface area contributed by atoms with Crippen LogP contribution in [0.15, 0.2) is 51.9 Å². The standard InChI is InChI=1S/C23H20N4O2S/c1-13-8-9-17-18(11-13)30-22-19(17)23(28)27-21(25-22)16-7-3-2-6-15(16)20(26-27)24-12-14-5-4-10-29-14/h2-7,10,13H,8-9,11-12H2,1H3,(H,24,26)/t13-/m1/s1. The summed E-state index contributed by atoms with van der Waals surface area (Å²) in [7, 11) is 0. The van der Waals surface area contributed by atoms with Gasteiger partial charge in [-0.3, -0.25) is 4.79 Å². The number of aromatic nitrogens is 3. The van der Waals surface area contributed by atoms with E-state index in [0.717, 1.165) is 46.0 Å². The maximum absolute atomic E-state index is 13.6. The Hall–Kier alpha value is -3.19.